The van der Waals surface area contributed by atoms with Crippen LogP contribution in [0.1, 0.15) is 62.5 Å². The Labute approximate surface area is 204 Å². The van der Waals surface area contributed by atoms with Crippen LogP contribution in [0, 0.1) is 12.8 Å². The number of aliphatic carboxylic acids is 1. The first-order chi connectivity index (χ1) is 16.8. The molecule has 184 valence electrons. The van der Waals surface area contributed by atoms with Crippen LogP contribution in [-0.2, 0) is 23.8 Å². The van der Waals surface area contributed by atoms with Crippen LogP contribution in [-0.4, -0.2) is 47.1 Å². The van der Waals surface area contributed by atoms with Gasteiger partial charge in [-0.05, 0) is 63.6 Å². The molecule has 0 saturated heterocycles. The van der Waals surface area contributed by atoms with E-state index in [1.165, 1.54) is 0 Å². The summed E-state index contributed by atoms with van der Waals surface area (Å²) in [6.45, 7) is 4.57. The number of pyridine rings is 1. The van der Waals surface area contributed by atoms with Crippen molar-refractivity contribution in [2.24, 2.45) is 13.0 Å². The van der Waals surface area contributed by atoms with Gasteiger partial charge in [-0.2, -0.15) is 0 Å². The summed E-state index contributed by atoms with van der Waals surface area (Å²) in [6, 6.07) is 5.75. The number of ether oxygens (including phenoxy) is 1. The summed E-state index contributed by atoms with van der Waals surface area (Å²) >= 11 is 0. The van der Waals surface area contributed by atoms with Gasteiger partial charge in [-0.1, -0.05) is 12.1 Å². The van der Waals surface area contributed by atoms with Gasteiger partial charge < -0.3 is 15.2 Å². The molecule has 10 nitrogen and oxygen atoms in total. The highest BCUT2D eigenvalue weighted by atomic mass is 16.5. The molecule has 3 aromatic rings. The summed E-state index contributed by atoms with van der Waals surface area (Å²) in [7, 11) is 1.85. The van der Waals surface area contributed by atoms with Gasteiger partial charge in [0.1, 0.15) is 11.4 Å². The van der Waals surface area contributed by atoms with Gasteiger partial charge in [0.25, 0.3) is 0 Å². The molecule has 2 fully saturated rings. The molecule has 0 spiro atoms. The number of carbonyl (C=O) groups is 1. The fourth-order valence-corrected chi connectivity index (χ4v) is 4.62. The Balaban J connectivity index is 1.29. The molecule has 3 aromatic heterocycles. The maximum atomic E-state index is 11.4. The third kappa shape index (κ3) is 4.96. The Hall–Kier alpha value is -3.56. The highest BCUT2D eigenvalue weighted by Gasteiger charge is 2.40. The van der Waals surface area contributed by atoms with E-state index in [9.17, 15) is 9.90 Å². The molecule has 2 N–H and O–H groups in total. The Bertz CT molecular complexity index is 1240. The molecule has 0 aliphatic heterocycles. The van der Waals surface area contributed by atoms with Gasteiger partial charge in [0.2, 0.25) is 5.95 Å². The number of carboxylic acids is 1. The van der Waals surface area contributed by atoms with Crippen molar-refractivity contribution >= 4 is 11.9 Å². The van der Waals surface area contributed by atoms with E-state index in [-0.39, 0.29) is 17.4 Å². The third-order valence-corrected chi connectivity index (χ3v) is 7.18. The Morgan fingerprint density at radius 2 is 2.09 bits per heavy atom. The lowest BCUT2D eigenvalue weighted by atomic mass is 9.87. The number of nitrogens with zero attached hydrogens (tertiary/aromatic N) is 6. The van der Waals surface area contributed by atoms with Gasteiger partial charge in [-0.25, -0.2) is 19.6 Å². The van der Waals surface area contributed by atoms with Crippen molar-refractivity contribution in [3.05, 3.63) is 41.5 Å². The second-order valence-corrected chi connectivity index (χ2v) is 9.91. The van der Waals surface area contributed by atoms with Gasteiger partial charge in [-0.15, -0.1) is 5.10 Å². The second kappa shape index (κ2) is 9.24. The van der Waals surface area contributed by atoms with Crippen molar-refractivity contribution in [2.45, 2.75) is 70.4 Å². The van der Waals surface area contributed by atoms with E-state index < -0.39 is 5.97 Å². The van der Waals surface area contributed by atoms with Crippen molar-refractivity contribution in [2.75, 3.05) is 5.32 Å². The molecular formula is C25H31N7O3. The summed E-state index contributed by atoms with van der Waals surface area (Å²) in [6.07, 6.45) is 6.95. The first kappa shape index (κ1) is 23.2. The molecule has 3 heterocycles. The van der Waals surface area contributed by atoms with Crippen LogP contribution in [0.25, 0.3) is 11.4 Å². The zero-order valence-electron chi connectivity index (χ0n) is 20.4. The van der Waals surface area contributed by atoms with Crippen LogP contribution in [0.15, 0.2) is 24.4 Å². The van der Waals surface area contributed by atoms with Gasteiger partial charge in [-0.3, -0.25) is 4.79 Å². The third-order valence-electron chi connectivity index (χ3n) is 7.18. The lowest BCUT2D eigenvalue weighted by Gasteiger charge is -2.27. The standard InChI is InChI=1S/C25H31N7O3/c1-15-20(35-17-6-4-5-16(13-17)23(33)34)8-7-18(28-15)22-19(32(3)31-30-22)14-27-24-26-12-9-21(29-24)25(2)10-11-25/h7-9,12,16-17H,4-6,10-11,13-14H2,1-3H3,(H,33,34)(H,26,27,29)/t16-,17-/m0/s1. The maximum absolute atomic E-state index is 11.4. The number of aromatic nitrogens is 6. The number of aryl methyl sites for hydroxylation is 2. The van der Waals surface area contributed by atoms with Gasteiger partial charge >= 0.3 is 5.97 Å². The van der Waals surface area contributed by atoms with Crippen molar-refractivity contribution in [3.63, 3.8) is 0 Å². The molecule has 0 aromatic carbocycles. The summed E-state index contributed by atoms with van der Waals surface area (Å²) in [5, 5.41) is 21.2. The molecule has 2 atom stereocenters. The summed E-state index contributed by atoms with van der Waals surface area (Å²) in [5.41, 5.74) is 4.23. The highest BCUT2D eigenvalue weighted by Crippen LogP contribution is 2.46. The zero-order valence-corrected chi connectivity index (χ0v) is 20.4. The van der Waals surface area contributed by atoms with E-state index in [1.54, 1.807) is 10.9 Å². The van der Waals surface area contributed by atoms with Crippen LogP contribution in [0.2, 0.25) is 0 Å². The summed E-state index contributed by atoms with van der Waals surface area (Å²) in [4.78, 5) is 25.2. The molecule has 0 radical (unpaired) electrons. The SMILES string of the molecule is Cc1nc(-c2nnn(C)c2CNc2nccc(C3(C)CC3)n2)ccc1O[C@H]1CCC[C@H](C(=O)O)C1. The van der Waals surface area contributed by atoms with Crippen LogP contribution in [0.3, 0.4) is 0 Å². The molecular weight excluding hydrogens is 446 g/mol. The predicted molar refractivity (Wildman–Crippen MR) is 129 cm³/mol. The lowest BCUT2D eigenvalue weighted by molar-refractivity contribution is -0.143. The largest absolute Gasteiger partial charge is 0.489 e. The van der Waals surface area contributed by atoms with Gasteiger partial charge in [0, 0.05) is 18.7 Å². The van der Waals surface area contributed by atoms with Crippen molar-refractivity contribution < 1.29 is 14.6 Å². The Morgan fingerprint density at radius 3 is 2.83 bits per heavy atom. The molecule has 0 amide bonds. The molecule has 2 aliphatic rings. The van der Waals surface area contributed by atoms with Crippen molar-refractivity contribution in [1.29, 1.82) is 0 Å². The number of carboxylic acid groups (broad SMARTS) is 1. The van der Waals surface area contributed by atoms with Crippen molar-refractivity contribution in [1.82, 2.24) is 29.9 Å². The Morgan fingerprint density at radius 1 is 1.26 bits per heavy atom. The first-order valence-corrected chi connectivity index (χ1v) is 12.2. The van der Waals surface area contributed by atoms with E-state index in [4.69, 9.17) is 14.7 Å². The highest BCUT2D eigenvalue weighted by molar-refractivity contribution is 5.70. The smallest absolute Gasteiger partial charge is 0.306 e. The van der Waals surface area contributed by atoms with E-state index in [1.807, 2.05) is 32.2 Å². The zero-order chi connectivity index (χ0) is 24.6. The van der Waals surface area contributed by atoms with Gasteiger partial charge in [0.05, 0.1) is 41.3 Å². The van der Waals surface area contributed by atoms with Crippen LogP contribution in [0.4, 0.5) is 5.95 Å². The number of anilines is 1. The second-order valence-electron chi connectivity index (χ2n) is 9.91. The molecule has 0 unspecified atom stereocenters. The first-order valence-electron chi connectivity index (χ1n) is 12.2. The minimum atomic E-state index is -0.744. The number of hydrogen-bond donors (Lipinski definition) is 2. The lowest BCUT2D eigenvalue weighted by Crippen LogP contribution is -2.29. The number of nitrogens with one attached hydrogen (secondary N) is 1. The topological polar surface area (TPSA) is 128 Å². The quantitative estimate of drug-likeness (QED) is 0.499. The molecule has 5 rings (SSSR count). The number of hydrogen-bond acceptors (Lipinski definition) is 8. The van der Waals surface area contributed by atoms with Crippen LogP contribution < -0.4 is 10.1 Å². The van der Waals surface area contributed by atoms with E-state index in [0.29, 0.717) is 42.5 Å². The fraction of sp³-hybridized carbons (Fsp3) is 0.520. The minimum Gasteiger partial charge on any atom is -0.489 e. The fourth-order valence-electron chi connectivity index (χ4n) is 4.62. The van der Waals surface area contributed by atoms with Crippen LogP contribution in [0.5, 0.6) is 5.75 Å². The van der Waals surface area contributed by atoms with Crippen molar-refractivity contribution in [3.8, 4) is 17.1 Å². The molecule has 2 aliphatic carbocycles. The molecule has 10 heteroatoms. The van der Waals surface area contributed by atoms with Crippen LogP contribution >= 0.6 is 0 Å². The summed E-state index contributed by atoms with van der Waals surface area (Å²) in [5.74, 6) is 0.175. The maximum Gasteiger partial charge on any atom is 0.306 e. The monoisotopic (exact) mass is 477 g/mol. The normalized spacial score (nSPS) is 20.9. The minimum absolute atomic E-state index is 0.110. The van der Waals surface area contributed by atoms with E-state index in [0.717, 1.165) is 42.8 Å². The molecule has 0 bridgehead atoms. The average Bonchev–Trinajstić information content (AvgIpc) is 3.50. The van der Waals surface area contributed by atoms with Gasteiger partial charge in [0.15, 0.2) is 0 Å². The van der Waals surface area contributed by atoms with E-state index in [2.05, 4.69) is 27.5 Å². The van der Waals surface area contributed by atoms with E-state index >= 15 is 0 Å². The molecule has 2 saturated carbocycles. The average molecular weight is 478 g/mol. The Kier molecular flexibility index (Phi) is 6.12. The number of rotatable bonds is 8. The summed E-state index contributed by atoms with van der Waals surface area (Å²) < 4.78 is 7.87. The molecule has 35 heavy (non-hydrogen) atoms. The predicted octanol–water partition coefficient (Wildman–Crippen LogP) is 3.66.